The van der Waals surface area contributed by atoms with Crippen molar-refractivity contribution in [3.05, 3.63) is 53.6 Å². The van der Waals surface area contributed by atoms with Crippen LogP contribution >= 0.6 is 0 Å². The van der Waals surface area contributed by atoms with Gasteiger partial charge in [-0.15, -0.1) is 0 Å². The summed E-state index contributed by atoms with van der Waals surface area (Å²) in [6.45, 7) is 4.29. The summed E-state index contributed by atoms with van der Waals surface area (Å²) < 4.78 is 15.7. The molecule has 6 nitrogen and oxygen atoms in total. The van der Waals surface area contributed by atoms with Gasteiger partial charge in [0.2, 0.25) is 0 Å². The van der Waals surface area contributed by atoms with Gasteiger partial charge in [0, 0.05) is 6.54 Å². The van der Waals surface area contributed by atoms with Gasteiger partial charge in [-0.3, -0.25) is 0 Å². The molecule has 6 heteroatoms. The zero-order chi connectivity index (χ0) is 19.2. The summed E-state index contributed by atoms with van der Waals surface area (Å²) in [5, 5.41) is 5.85. The summed E-state index contributed by atoms with van der Waals surface area (Å²) in [6, 6.07) is 12.9. The smallest absolute Gasteiger partial charge is 0.315 e. The second-order valence-electron chi connectivity index (χ2n) is 6.35. The fourth-order valence-electron chi connectivity index (χ4n) is 2.55. The number of carbonyl (C=O) groups is 1. The Morgan fingerprint density at radius 1 is 0.923 bits per heavy atom. The van der Waals surface area contributed by atoms with Crippen LogP contribution in [0.15, 0.2) is 42.5 Å². The first-order valence-electron chi connectivity index (χ1n) is 8.31. The molecule has 0 atom stereocenters. The maximum absolute atomic E-state index is 12.3. The monoisotopic (exact) mass is 358 g/mol. The maximum Gasteiger partial charge on any atom is 0.315 e. The largest absolute Gasteiger partial charge is 0.497 e. The van der Waals surface area contributed by atoms with E-state index in [4.69, 9.17) is 14.2 Å². The van der Waals surface area contributed by atoms with E-state index >= 15 is 0 Å². The molecule has 0 aliphatic carbocycles. The van der Waals surface area contributed by atoms with Gasteiger partial charge in [-0.25, -0.2) is 4.79 Å². The summed E-state index contributed by atoms with van der Waals surface area (Å²) in [6.07, 6.45) is 0. The van der Waals surface area contributed by atoms with Crippen LogP contribution in [-0.2, 0) is 12.1 Å². The summed E-state index contributed by atoms with van der Waals surface area (Å²) in [7, 11) is 4.80. The normalized spacial score (nSPS) is 10.8. The first kappa shape index (κ1) is 19.4. The molecule has 0 bridgehead atoms. The zero-order valence-electron chi connectivity index (χ0n) is 15.9. The Balaban J connectivity index is 1.99. The first-order valence-corrected chi connectivity index (χ1v) is 8.31. The van der Waals surface area contributed by atoms with E-state index in [1.165, 1.54) is 0 Å². The van der Waals surface area contributed by atoms with E-state index < -0.39 is 5.54 Å². The van der Waals surface area contributed by atoms with Gasteiger partial charge in [-0.2, -0.15) is 0 Å². The van der Waals surface area contributed by atoms with E-state index in [1.54, 1.807) is 21.3 Å². The molecule has 2 rings (SSSR count). The van der Waals surface area contributed by atoms with Gasteiger partial charge in [-0.1, -0.05) is 18.2 Å². The topological polar surface area (TPSA) is 68.8 Å². The molecule has 0 saturated carbocycles. The number of benzene rings is 2. The molecule has 2 N–H and O–H groups in total. The molecule has 0 aliphatic heterocycles. The Bertz CT molecular complexity index is 742. The van der Waals surface area contributed by atoms with Crippen molar-refractivity contribution < 1.29 is 19.0 Å². The minimum Gasteiger partial charge on any atom is -0.497 e. The van der Waals surface area contributed by atoms with Crippen molar-refractivity contribution in [1.82, 2.24) is 10.6 Å². The Morgan fingerprint density at radius 2 is 1.58 bits per heavy atom. The number of methoxy groups -OCH3 is 3. The average molecular weight is 358 g/mol. The van der Waals surface area contributed by atoms with E-state index in [0.717, 1.165) is 16.9 Å². The average Bonchev–Trinajstić information content (AvgIpc) is 2.65. The molecule has 0 saturated heterocycles. The number of hydrogen-bond donors (Lipinski definition) is 2. The maximum atomic E-state index is 12.3. The molecule has 0 heterocycles. The van der Waals surface area contributed by atoms with Crippen molar-refractivity contribution in [2.24, 2.45) is 0 Å². The van der Waals surface area contributed by atoms with Gasteiger partial charge in [0.1, 0.15) is 5.75 Å². The summed E-state index contributed by atoms with van der Waals surface area (Å²) >= 11 is 0. The highest BCUT2D eigenvalue weighted by Crippen LogP contribution is 2.32. The number of ether oxygens (including phenoxy) is 3. The highest BCUT2D eigenvalue weighted by atomic mass is 16.5. The van der Waals surface area contributed by atoms with Crippen LogP contribution in [0, 0.1) is 0 Å². The van der Waals surface area contributed by atoms with Crippen LogP contribution in [0.2, 0.25) is 0 Å². The van der Waals surface area contributed by atoms with Gasteiger partial charge in [0.15, 0.2) is 11.5 Å². The van der Waals surface area contributed by atoms with E-state index in [0.29, 0.717) is 18.0 Å². The lowest BCUT2D eigenvalue weighted by Gasteiger charge is -2.27. The number of amides is 2. The second kappa shape index (κ2) is 8.47. The number of urea groups is 1. The molecule has 0 fully saturated rings. The molecular weight excluding hydrogens is 332 g/mol. The van der Waals surface area contributed by atoms with E-state index in [-0.39, 0.29) is 6.03 Å². The fraction of sp³-hybridized carbons (Fsp3) is 0.350. The van der Waals surface area contributed by atoms with E-state index in [2.05, 4.69) is 10.6 Å². The molecule has 0 radical (unpaired) electrons. The molecule has 0 aliphatic rings. The summed E-state index contributed by atoms with van der Waals surface area (Å²) in [5.74, 6) is 2.06. The second-order valence-corrected chi connectivity index (χ2v) is 6.35. The van der Waals surface area contributed by atoms with Crippen LogP contribution < -0.4 is 24.8 Å². The van der Waals surface area contributed by atoms with Crippen LogP contribution in [0.3, 0.4) is 0 Å². The molecule has 26 heavy (non-hydrogen) atoms. The predicted molar refractivity (Wildman–Crippen MR) is 101 cm³/mol. The van der Waals surface area contributed by atoms with Gasteiger partial charge in [0.05, 0.1) is 26.9 Å². The van der Waals surface area contributed by atoms with Crippen LogP contribution in [0.4, 0.5) is 4.79 Å². The molecule has 2 aromatic carbocycles. The molecule has 2 aromatic rings. The van der Waals surface area contributed by atoms with Crippen LogP contribution in [0.5, 0.6) is 17.2 Å². The third-order valence-corrected chi connectivity index (χ3v) is 4.14. The fourth-order valence-corrected chi connectivity index (χ4v) is 2.55. The van der Waals surface area contributed by atoms with Crippen molar-refractivity contribution >= 4 is 6.03 Å². The van der Waals surface area contributed by atoms with Crippen molar-refractivity contribution in [2.45, 2.75) is 25.9 Å². The van der Waals surface area contributed by atoms with Gasteiger partial charge in [0.25, 0.3) is 0 Å². The lowest BCUT2D eigenvalue weighted by atomic mass is 9.94. The van der Waals surface area contributed by atoms with E-state index in [9.17, 15) is 4.79 Å². The minimum absolute atomic E-state index is 0.249. The summed E-state index contributed by atoms with van der Waals surface area (Å²) in [5.41, 5.74) is 1.32. The zero-order valence-corrected chi connectivity index (χ0v) is 15.9. The van der Waals surface area contributed by atoms with Crippen LogP contribution in [-0.4, -0.2) is 27.4 Å². The predicted octanol–water partition coefficient (Wildman–Crippen LogP) is 3.45. The Hall–Kier alpha value is -2.89. The number of hydrogen-bond acceptors (Lipinski definition) is 4. The lowest BCUT2D eigenvalue weighted by molar-refractivity contribution is 0.229. The Morgan fingerprint density at radius 3 is 2.15 bits per heavy atom. The molecular formula is C20H26N2O4. The third kappa shape index (κ3) is 4.81. The standard InChI is InChI=1S/C20H26N2O4/c1-20(2,15-8-11-17(25-4)18(12-15)26-5)22-19(23)21-13-14-6-9-16(24-3)10-7-14/h6-12H,13H2,1-5H3,(H2,21,22,23). The quantitative estimate of drug-likeness (QED) is 0.795. The first-order chi connectivity index (χ1) is 12.4. The van der Waals surface area contributed by atoms with Crippen molar-refractivity contribution in [3.63, 3.8) is 0 Å². The van der Waals surface area contributed by atoms with E-state index in [1.807, 2.05) is 56.3 Å². The lowest BCUT2D eigenvalue weighted by Crippen LogP contribution is -2.46. The molecule has 0 spiro atoms. The van der Waals surface area contributed by atoms with Crippen LogP contribution in [0.1, 0.15) is 25.0 Å². The van der Waals surface area contributed by atoms with Gasteiger partial charge < -0.3 is 24.8 Å². The SMILES string of the molecule is COc1ccc(CNC(=O)NC(C)(C)c2ccc(OC)c(OC)c2)cc1. The van der Waals surface area contributed by atoms with Crippen LogP contribution in [0.25, 0.3) is 0 Å². The number of carbonyl (C=O) groups excluding carboxylic acids is 1. The molecule has 0 unspecified atom stereocenters. The molecule has 2 amide bonds. The minimum atomic E-state index is -0.580. The van der Waals surface area contributed by atoms with Crippen molar-refractivity contribution in [3.8, 4) is 17.2 Å². The molecule has 0 aromatic heterocycles. The van der Waals surface area contributed by atoms with Gasteiger partial charge >= 0.3 is 6.03 Å². The van der Waals surface area contributed by atoms with Crippen molar-refractivity contribution in [2.75, 3.05) is 21.3 Å². The number of nitrogens with one attached hydrogen (secondary N) is 2. The third-order valence-electron chi connectivity index (χ3n) is 4.14. The highest BCUT2D eigenvalue weighted by Gasteiger charge is 2.24. The Labute approximate surface area is 154 Å². The molecule has 140 valence electrons. The summed E-state index contributed by atoms with van der Waals surface area (Å²) in [4.78, 5) is 12.3. The Kier molecular flexibility index (Phi) is 6.33. The highest BCUT2D eigenvalue weighted by molar-refractivity contribution is 5.75. The van der Waals surface area contributed by atoms with Crippen molar-refractivity contribution in [1.29, 1.82) is 0 Å². The van der Waals surface area contributed by atoms with Gasteiger partial charge in [-0.05, 0) is 49.2 Å². The number of rotatable bonds is 7.